The molecule has 2 rings (SSSR count). The number of nitrogens with one attached hydrogen (secondary N) is 2. The van der Waals surface area contributed by atoms with Crippen LogP contribution in [0.15, 0.2) is 24.3 Å². The van der Waals surface area contributed by atoms with E-state index >= 15 is 0 Å². The largest absolute Gasteiger partial charge is 0.495 e. The van der Waals surface area contributed by atoms with Crippen molar-refractivity contribution in [2.45, 2.75) is 20.8 Å². The van der Waals surface area contributed by atoms with Crippen LogP contribution in [0.25, 0.3) is 0 Å². The minimum Gasteiger partial charge on any atom is -0.495 e. The number of ether oxygens (including phenoxy) is 1. The van der Waals surface area contributed by atoms with E-state index in [1.165, 1.54) is 7.11 Å². The molecule has 0 saturated carbocycles. The van der Waals surface area contributed by atoms with Crippen molar-refractivity contribution in [3.8, 4) is 5.75 Å². The molecule has 2 aromatic rings. The van der Waals surface area contributed by atoms with Gasteiger partial charge in [-0.05, 0) is 37.1 Å². The van der Waals surface area contributed by atoms with Crippen LogP contribution in [-0.4, -0.2) is 29.5 Å². The van der Waals surface area contributed by atoms with Crippen LogP contribution in [0.2, 0.25) is 5.02 Å². The van der Waals surface area contributed by atoms with E-state index in [-0.39, 0.29) is 11.6 Å². The molecule has 0 aliphatic heterocycles. The molecule has 128 valence electrons. The Kier molecular flexibility index (Phi) is 5.98. The Morgan fingerprint density at radius 3 is 2.71 bits per heavy atom. The van der Waals surface area contributed by atoms with Crippen LogP contribution in [0.5, 0.6) is 5.75 Å². The Balaban J connectivity index is 2.22. The van der Waals surface area contributed by atoms with Crippen molar-refractivity contribution >= 4 is 29.1 Å². The molecule has 0 saturated heterocycles. The molecule has 0 aliphatic rings. The number of anilines is 2. The molecule has 7 heteroatoms. The van der Waals surface area contributed by atoms with Crippen LogP contribution in [0, 0.1) is 12.8 Å². The maximum absolute atomic E-state index is 12.5. The molecule has 0 fully saturated rings. The first-order valence-electron chi connectivity index (χ1n) is 7.63. The SMILES string of the molecule is COc1ccc(Cl)cc1NC(=O)c1cc(C)nc(NCC(C)C)n1. The van der Waals surface area contributed by atoms with E-state index in [4.69, 9.17) is 16.3 Å². The molecule has 1 amide bonds. The number of halogens is 1. The quantitative estimate of drug-likeness (QED) is 0.831. The summed E-state index contributed by atoms with van der Waals surface area (Å²) in [4.78, 5) is 21.1. The fourth-order valence-corrected chi connectivity index (χ4v) is 2.20. The van der Waals surface area contributed by atoms with Crippen LogP contribution in [-0.2, 0) is 0 Å². The molecule has 0 unspecified atom stereocenters. The summed E-state index contributed by atoms with van der Waals surface area (Å²) in [5.41, 5.74) is 1.47. The van der Waals surface area contributed by atoms with Crippen molar-refractivity contribution in [2.24, 2.45) is 5.92 Å². The average Bonchev–Trinajstić information content (AvgIpc) is 2.52. The highest BCUT2D eigenvalue weighted by atomic mass is 35.5. The molecule has 0 atom stereocenters. The molecule has 1 heterocycles. The van der Waals surface area contributed by atoms with Crippen molar-refractivity contribution in [3.05, 3.63) is 40.7 Å². The number of aromatic nitrogens is 2. The number of carbonyl (C=O) groups excluding carboxylic acids is 1. The Labute approximate surface area is 146 Å². The Morgan fingerprint density at radius 2 is 2.04 bits per heavy atom. The zero-order valence-electron chi connectivity index (χ0n) is 14.2. The van der Waals surface area contributed by atoms with E-state index in [1.54, 1.807) is 24.3 Å². The van der Waals surface area contributed by atoms with Crippen molar-refractivity contribution in [2.75, 3.05) is 24.3 Å². The van der Waals surface area contributed by atoms with Crippen LogP contribution in [0.4, 0.5) is 11.6 Å². The van der Waals surface area contributed by atoms with Crippen LogP contribution in [0.1, 0.15) is 30.0 Å². The number of hydrogen-bond acceptors (Lipinski definition) is 5. The monoisotopic (exact) mass is 348 g/mol. The summed E-state index contributed by atoms with van der Waals surface area (Å²) < 4.78 is 5.23. The zero-order valence-corrected chi connectivity index (χ0v) is 14.9. The number of aryl methyl sites for hydroxylation is 1. The Hall–Kier alpha value is -2.34. The number of carbonyl (C=O) groups is 1. The average molecular weight is 349 g/mol. The lowest BCUT2D eigenvalue weighted by molar-refractivity contribution is 0.102. The van der Waals surface area contributed by atoms with E-state index in [0.717, 1.165) is 6.54 Å². The van der Waals surface area contributed by atoms with Crippen LogP contribution < -0.4 is 15.4 Å². The lowest BCUT2D eigenvalue weighted by Gasteiger charge is -2.12. The highest BCUT2D eigenvalue weighted by Gasteiger charge is 2.14. The molecule has 1 aromatic carbocycles. The molecular formula is C17H21ClN4O2. The summed E-state index contributed by atoms with van der Waals surface area (Å²) in [6.45, 7) is 6.72. The second kappa shape index (κ2) is 7.97. The van der Waals surface area contributed by atoms with Gasteiger partial charge in [0.15, 0.2) is 0 Å². The van der Waals surface area contributed by atoms with E-state index in [9.17, 15) is 4.79 Å². The second-order valence-electron chi connectivity index (χ2n) is 5.79. The first-order valence-corrected chi connectivity index (χ1v) is 8.01. The summed E-state index contributed by atoms with van der Waals surface area (Å²) in [5.74, 6) is 1.05. The van der Waals surface area contributed by atoms with Crippen molar-refractivity contribution in [1.29, 1.82) is 0 Å². The first kappa shape index (κ1) is 18.0. The minimum absolute atomic E-state index is 0.274. The van der Waals surface area contributed by atoms with Gasteiger partial charge in [-0.1, -0.05) is 25.4 Å². The maximum Gasteiger partial charge on any atom is 0.274 e. The number of amides is 1. The lowest BCUT2D eigenvalue weighted by atomic mass is 10.2. The predicted octanol–water partition coefficient (Wildman–Crippen LogP) is 3.77. The Bertz CT molecular complexity index is 735. The molecule has 0 aliphatic carbocycles. The number of rotatable bonds is 6. The first-order chi connectivity index (χ1) is 11.4. The van der Waals surface area contributed by atoms with Gasteiger partial charge in [0, 0.05) is 17.3 Å². The van der Waals surface area contributed by atoms with Crippen LogP contribution in [0.3, 0.4) is 0 Å². The van der Waals surface area contributed by atoms with E-state index in [0.29, 0.717) is 34.0 Å². The third-order valence-electron chi connectivity index (χ3n) is 3.17. The smallest absolute Gasteiger partial charge is 0.274 e. The van der Waals surface area contributed by atoms with Gasteiger partial charge in [0.2, 0.25) is 5.95 Å². The van der Waals surface area contributed by atoms with Gasteiger partial charge in [-0.15, -0.1) is 0 Å². The topological polar surface area (TPSA) is 76.1 Å². The van der Waals surface area contributed by atoms with Gasteiger partial charge in [-0.2, -0.15) is 0 Å². The normalized spacial score (nSPS) is 10.6. The van der Waals surface area contributed by atoms with Crippen LogP contribution >= 0.6 is 11.6 Å². The summed E-state index contributed by atoms with van der Waals surface area (Å²) in [5, 5.41) is 6.40. The fourth-order valence-electron chi connectivity index (χ4n) is 2.02. The zero-order chi connectivity index (χ0) is 17.7. The Morgan fingerprint density at radius 1 is 1.29 bits per heavy atom. The highest BCUT2D eigenvalue weighted by Crippen LogP contribution is 2.28. The van der Waals surface area contributed by atoms with Gasteiger partial charge in [0.1, 0.15) is 11.4 Å². The van der Waals surface area contributed by atoms with Crippen molar-refractivity contribution in [1.82, 2.24) is 9.97 Å². The van der Waals surface area contributed by atoms with Gasteiger partial charge in [0.05, 0.1) is 12.8 Å². The van der Waals surface area contributed by atoms with Gasteiger partial charge >= 0.3 is 0 Å². The molecule has 0 spiro atoms. The molecule has 24 heavy (non-hydrogen) atoms. The predicted molar refractivity (Wildman–Crippen MR) is 96.1 cm³/mol. The molecule has 2 N–H and O–H groups in total. The molecule has 0 bridgehead atoms. The molecule has 6 nitrogen and oxygen atoms in total. The number of hydrogen-bond donors (Lipinski definition) is 2. The van der Waals surface area contributed by atoms with Gasteiger partial charge < -0.3 is 15.4 Å². The van der Waals surface area contributed by atoms with Crippen molar-refractivity contribution in [3.63, 3.8) is 0 Å². The van der Waals surface area contributed by atoms with Gasteiger partial charge in [-0.25, -0.2) is 9.97 Å². The summed E-state index contributed by atoms with van der Waals surface area (Å²) in [6.07, 6.45) is 0. The van der Waals surface area contributed by atoms with E-state index in [2.05, 4.69) is 34.4 Å². The minimum atomic E-state index is -0.353. The summed E-state index contributed by atoms with van der Waals surface area (Å²) >= 11 is 5.98. The van der Waals surface area contributed by atoms with Gasteiger partial charge in [-0.3, -0.25) is 4.79 Å². The van der Waals surface area contributed by atoms with E-state index < -0.39 is 0 Å². The third-order valence-corrected chi connectivity index (χ3v) is 3.40. The molecule has 0 radical (unpaired) electrons. The highest BCUT2D eigenvalue weighted by molar-refractivity contribution is 6.31. The standard InChI is InChI=1S/C17H21ClN4O2/c1-10(2)9-19-17-20-11(3)7-14(22-17)16(23)21-13-8-12(18)5-6-15(13)24-4/h5-8,10H,9H2,1-4H3,(H,21,23)(H,19,20,22). The lowest BCUT2D eigenvalue weighted by Crippen LogP contribution is -2.17. The fraction of sp³-hybridized carbons (Fsp3) is 0.353. The van der Waals surface area contributed by atoms with Crippen molar-refractivity contribution < 1.29 is 9.53 Å². The number of benzene rings is 1. The second-order valence-corrected chi connectivity index (χ2v) is 6.23. The van der Waals surface area contributed by atoms with Gasteiger partial charge in [0.25, 0.3) is 5.91 Å². The maximum atomic E-state index is 12.5. The molecular weight excluding hydrogens is 328 g/mol. The van der Waals surface area contributed by atoms with E-state index in [1.807, 2.05) is 6.92 Å². The summed E-state index contributed by atoms with van der Waals surface area (Å²) in [7, 11) is 1.53. The summed E-state index contributed by atoms with van der Waals surface area (Å²) in [6, 6.07) is 6.65. The third kappa shape index (κ3) is 4.83. The number of nitrogens with zero attached hydrogens (tertiary/aromatic N) is 2. The number of methoxy groups -OCH3 is 1. The molecule has 1 aromatic heterocycles.